The van der Waals surface area contributed by atoms with Crippen LogP contribution >= 0.6 is 0 Å². The standard InChI is InChI=1S/C27H31N3O4/c1-17(18-7-3-2-4-8-18)28-22-9-5-6-10-24(22)34-20-11-12-21-19(15-20)16-30(27(21)33)23-13-14-25(31)29-26(23)32/h2-4,7-8,11-12,15,17,22-24,28H,5-6,9-10,13-14,16H2,1H3,(H,29,31,32)/t17-,22-,23?,24-/m1/s1. The van der Waals surface area contributed by atoms with Gasteiger partial charge in [0.2, 0.25) is 11.8 Å². The van der Waals surface area contributed by atoms with Crippen LogP contribution in [-0.2, 0) is 16.1 Å². The Morgan fingerprint density at radius 1 is 1.03 bits per heavy atom. The lowest BCUT2D eigenvalue weighted by Crippen LogP contribution is -2.52. The smallest absolute Gasteiger partial charge is 0.255 e. The number of benzene rings is 2. The fourth-order valence-electron chi connectivity index (χ4n) is 5.39. The van der Waals surface area contributed by atoms with Crippen molar-refractivity contribution in [1.82, 2.24) is 15.5 Å². The van der Waals surface area contributed by atoms with Crippen LogP contribution in [0.25, 0.3) is 0 Å². The number of ether oxygens (including phenoxy) is 1. The Bertz CT molecular complexity index is 1090. The number of imide groups is 1. The molecule has 3 aliphatic rings. The Labute approximate surface area is 199 Å². The minimum Gasteiger partial charge on any atom is -0.489 e. The molecule has 5 rings (SSSR count). The zero-order valence-electron chi connectivity index (χ0n) is 19.5. The lowest BCUT2D eigenvalue weighted by Gasteiger charge is -2.34. The van der Waals surface area contributed by atoms with Crippen molar-refractivity contribution in [3.8, 4) is 5.75 Å². The summed E-state index contributed by atoms with van der Waals surface area (Å²) in [6.45, 7) is 2.54. The molecule has 0 radical (unpaired) electrons. The molecule has 34 heavy (non-hydrogen) atoms. The van der Waals surface area contributed by atoms with Crippen LogP contribution in [0.2, 0.25) is 0 Å². The van der Waals surface area contributed by atoms with Crippen molar-refractivity contribution in [3.05, 3.63) is 65.2 Å². The minimum absolute atomic E-state index is 0.0568. The molecule has 2 heterocycles. The molecule has 4 atom stereocenters. The summed E-state index contributed by atoms with van der Waals surface area (Å²) in [6.07, 6.45) is 5.03. The fraction of sp³-hybridized carbons (Fsp3) is 0.444. The molecule has 0 spiro atoms. The van der Waals surface area contributed by atoms with Crippen LogP contribution in [0.5, 0.6) is 5.75 Å². The number of amides is 3. The summed E-state index contributed by atoms with van der Waals surface area (Å²) in [4.78, 5) is 38.3. The number of fused-ring (bicyclic) bond motifs is 1. The number of nitrogens with one attached hydrogen (secondary N) is 2. The third-order valence-corrected chi connectivity index (χ3v) is 7.25. The van der Waals surface area contributed by atoms with Crippen LogP contribution in [0.1, 0.15) is 73.0 Å². The van der Waals surface area contributed by atoms with Gasteiger partial charge < -0.3 is 15.0 Å². The highest BCUT2D eigenvalue weighted by atomic mass is 16.5. The molecule has 0 aromatic heterocycles. The van der Waals surface area contributed by atoms with Crippen molar-refractivity contribution in [3.63, 3.8) is 0 Å². The molecule has 178 valence electrons. The third-order valence-electron chi connectivity index (χ3n) is 7.25. The molecule has 1 saturated heterocycles. The summed E-state index contributed by atoms with van der Waals surface area (Å²) in [5, 5.41) is 6.11. The van der Waals surface area contributed by atoms with E-state index in [1.807, 2.05) is 18.2 Å². The second kappa shape index (κ2) is 9.58. The third kappa shape index (κ3) is 4.57. The summed E-state index contributed by atoms with van der Waals surface area (Å²) in [6, 6.07) is 15.9. The maximum atomic E-state index is 12.9. The maximum absolute atomic E-state index is 12.9. The molecule has 2 fully saturated rings. The van der Waals surface area contributed by atoms with Crippen molar-refractivity contribution in [2.24, 2.45) is 0 Å². The van der Waals surface area contributed by atoms with Crippen LogP contribution in [0, 0.1) is 0 Å². The predicted octanol–water partition coefficient (Wildman–Crippen LogP) is 3.49. The largest absolute Gasteiger partial charge is 0.489 e. The average Bonchev–Trinajstić information content (AvgIpc) is 3.16. The molecule has 2 N–H and O–H groups in total. The van der Waals surface area contributed by atoms with Crippen LogP contribution in [0.4, 0.5) is 0 Å². The molecule has 7 nitrogen and oxygen atoms in total. The van der Waals surface area contributed by atoms with E-state index in [4.69, 9.17) is 4.74 Å². The average molecular weight is 462 g/mol. The van der Waals surface area contributed by atoms with Gasteiger partial charge in [-0.1, -0.05) is 36.8 Å². The normalized spacial score (nSPS) is 25.6. The maximum Gasteiger partial charge on any atom is 0.255 e. The van der Waals surface area contributed by atoms with Gasteiger partial charge in [0.25, 0.3) is 5.91 Å². The van der Waals surface area contributed by atoms with Crippen molar-refractivity contribution >= 4 is 17.7 Å². The predicted molar refractivity (Wildman–Crippen MR) is 127 cm³/mol. The lowest BCUT2D eigenvalue weighted by molar-refractivity contribution is -0.136. The van der Waals surface area contributed by atoms with Gasteiger partial charge in [-0.2, -0.15) is 0 Å². The van der Waals surface area contributed by atoms with Crippen LogP contribution in [0.3, 0.4) is 0 Å². The molecule has 2 aliphatic heterocycles. The number of hydrogen-bond acceptors (Lipinski definition) is 5. The van der Waals surface area contributed by atoms with Crippen LogP contribution < -0.4 is 15.4 Å². The Morgan fingerprint density at radius 3 is 2.62 bits per heavy atom. The number of nitrogens with zero attached hydrogens (tertiary/aromatic N) is 1. The lowest BCUT2D eigenvalue weighted by atomic mass is 9.91. The van der Waals surface area contributed by atoms with Crippen molar-refractivity contribution < 1.29 is 19.1 Å². The van der Waals surface area contributed by atoms with Gasteiger partial charge in [0.15, 0.2) is 0 Å². The molecule has 7 heteroatoms. The Kier molecular flexibility index (Phi) is 6.37. The minimum atomic E-state index is -0.603. The van der Waals surface area contributed by atoms with Crippen LogP contribution in [0.15, 0.2) is 48.5 Å². The van der Waals surface area contributed by atoms with E-state index in [0.29, 0.717) is 18.5 Å². The number of rotatable bonds is 6. The first-order valence-corrected chi connectivity index (χ1v) is 12.2. The summed E-state index contributed by atoms with van der Waals surface area (Å²) in [5.41, 5.74) is 2.73. The Morgan fingerprint density at radius 2 is 1.82 bits per heavy atom. The molecule has 2 aromatic carbocycles. The first-order chi connectivity index (χ1) is 16.5. The van der Waals surface area contributed by atoms with E-state index in [1.54, 1.807) is 11.0 Å². The van der Waals surface area contributed by atoms with Gasteiger partial charge in [-0.15, -0.1) is 0 Å². The van der Waals surface area contributed by atoms with Crippen molar-refractivity contribution in [2.45, 2.75) is 76.2 Å². The van der Waals surface area contributed by atoms with E-state index in [1.165, 1.54) is 12.0 Å². The monoisotopic (exact) mass is 461 g/mol. The van der Waals surface area contributed by atoms with Gasteiger partial charge in [0.05, 0.1) is 0 Å². The molecule has 3 amide bonds. The van der Waals surface area contributed by atoms with Gasteiger partial charge in [0.1, 0.15) is 17.9 Å². The van der Waals surface area contributed by atoms with Gasteiger partial charge in [0, 0.05) is 30.6 Å². The molecular weight excluding hydrogens is 430 g/mol. The van der Waals surface area contributed by atoms with E-state index in [9.17, 15) is 14.4 Å². The zero-order chi connectivity index (χ0) is 23.7. The number of carbonyl (C=O) groups excluding carboxylic acids is 3. The zero-order valence-corrected chi connectivity index (χ0v) is 19.5. The quantitative estimate of drug-likeness (QED) is 0.643. The van der Waals surface area contributed by atoms with E-state index in [-0.39, 0.29) is 36.4 Å². The van der Waals surface area contributed by atoms with Gasteiger partial charge >= 0.3 is 0 Å². The highest BCUT2D eigenvalue weighted by Gasteiger charge is 2.39. The first-order valence-electron chi connectivity index (χ1n) is 12.2. The molecule has 2 aromatic rings. The van der Waals surface area contributed by atoms with Gasteiger partial charge in [-0.05, 0) is 61.9 Å². The van der Waals surface area contributed by atoms with E-state index >= 15 is 0 Å². The summed E-state index contributed by atoms with van der Waals surface area (Å²) < 4.78 is 6.46. The number of piperidine rings is 1. The molecule has 1 aliphatic carbocycles. The fourth-order valence-corrected chi connectivity index (χ4v) is 5.39. The SMILES string of the molecule is C[C@@H](N[C@@H]1CCCC[C@H]1Oc1ccc2c(c1)CN(C1CCC(=O)NC1=O)C2=O)c1ccccc1. The van der Waals surface area contributed by atoms with Crippen molar-refractivity contribution in [1.29, 1.82) is 0 Å². The summed E-state index contributed by atoms with van der Waals surface area (Å²) >= 11 is 0. The van der Waals surface area contributed by atoms with E-state index in [2.05, 4.69) is 41.8 Å². The summed E-state index contributed by atoms with van der Waals surface area (Å²) in [7, 11) is 0. The van der Waals surface area contributed by atoms with Crippen molar-refractivity contribution in [2.75, 3.05) is 0 Å². The highest BCUT2D eigenvalue weighted by Crippen LogP contribution is 2.32. The second-order valence-electron chi connectivity index (χ2n) is 9.57. The van der Waals surface area contributed by atoms with E-state index in [0.717, 1.165) is 30.6 Å². The number of carbonyl (C=O) groups is 3. The molecule has 1 unspecified atom stereocenters. The molecule has 1 saturated carbocycles. The topological polar surface area (TPSA) is 87.7 Å². The van der Waals surface area contributed by atoms with Gasteiger partial charge in [-0.3, -0.25) is 19.7 Å². The second-order valence-corrected chi connectivity index (χ2v) is 9.57. The first kappa shape index (κ1) is 22.6. The highest BCUT2D eigenvalue weighted by molar-refractivity contribution is 6.05. The number of hydrogen-bond donors (Lipinski definition) is 2. The Hall–Kier alpha value is -3.19. The Balaban J connectivity index is 1.27. The summed E-state index contributed by atoms with van der Waals surface area (Å²) in [5.74, 6) is -0.0801. The van der Waals surface area contributed by atoms with Gasteiger partial charge in [-0.25, -0.2) is 0 Å². The molecular formula is C27H31N3O4. The van der Waals surface area contributed by atoms with Crippen LogP contribution in [-0.4, -0.2) is 40.8 Å². The van der Waals surface area contributed by atoms with E-state index < -0.39 is 11.9 Å². The molecule has 0 bridgehead atoms.